The first-order valence-electron chi connectivity index (χ1n) is 10.7. The number of pyridine rings is 2. The Bertz CT molecular complexity index is 1110. The summed E-state index contributed by atoms with van der Waals surface area (Å²) in [7, 11) is 0. The van der Waals surface area contributed by atoms with Crippen LogP contribution in [0.3, 0.4) is 0 Å². The third-order valence-electron chi connectivity index (χ3n) is 6.29. The summed E-state index contributed by atoms with van der Waals surface area (Å²) in [5, 5.41) is 0.579. The maximum Gasteiger partial charge on any atom is 0.410 e. The third kappa shape index (κ3) is 3.69. The molecule has 0 aromatic carbocycles. The maximum atomic E-state index is 15.0. The van der Waals surface area contributed by atoms with Gasteiger partial charge in [0.15, 0.2) is 11.0 Å². The summed E-state index contributed by atoms with van der Waals surface area (Å²) < 4.78 is 20.7. The number of hydrogen-bond acceptors (Lipinski definition) is 5. The summed E-state index contributed by atoms with van der Waals surface area (Å²) in [5.74, 6) is -0.0809. The van der Waals surface area contributed by atoms with E-state index in [0.717, 1.165) is 12.8 Å². The lowest BCUT2D eigenvalue weighted by molar-refractivity contribution is 0.00954. The molecule has 4 rings (SSSR count). The number of carbonyl (C=O) groups is 1. The van der Waals surface area contributed by atoms with Crippen LogP contribution in [0.4, 0.5) is 15.0 Å². The summed E-state index contributed by atoms with van der Waals surface area (Å²) >= 11 is 12.5. The highest BCUT2D eigenvalue weighted by molar-refractivity contribution is 6.37. The van der Waals surface area contributed by atoms with Crippen LogP contribution in [0, 0.1) is 19.7 Å². The van der Waals surface area contributed by atoms with E-state index >= 15 is 4.39 Å². The molecule has 3 atom stereocenters. The van der Waals surface area contributed by atoms with Crippen molar-refractivity contribution in [1.82, 2.24) is 14.9 Å². The molecule has 2 aromatic rings. The van der Waals surface area contributed by atoms with Crippen LogP contribution in [-0.2, 0) is 4.74 Å². The molecule has 2 aromatic heterocycles. The van der Waals surface area contributed by atoms with Crippen LogP contribution >= 0.6 is 23.2 Å². The lowest BCUT2D eigenvalue weighted by atomic mass is 10.0. The fraction of sp³-hybridized carbons (Fsp3) is 0.522. The highest BCUT2D eigenvalue weighted by Gasteiger charge is 2.49. The molecule has 0 spiro atoms. The van der Waals surface area contributed by atoms with Gasteiger partial charge in [0.2, 0.25) is 0 Å². The Morgan fingerprint density at radius 1 is 1.19 bits per heavy atom. The molecular formula is C23H27Cl2FN4O2. The van der Waals surface area contributed by atoms with Crippen molar-refractivity contribution in [1.29, 1.82) is 0 Å². The molecule has 4 heterocycles. The Labute approximate surface area is 197 Å². The van der Waals surface area contributed by atoms with Crippen molar-refractivity contribution in [3.63, 3.8) is 0 Å². The fourth-order valence-electron chi connectivity index (χ4n) is 4.84. The molecule has 0 aliphatic carbocycles. The summed E-state index contributed by atoms with van der Waals surface area (Å²) in [6.07, 6.45) is 3.12. The third-order valence-corrected chi connectivity index (χ3v) is 6.82. The van der Waals surface area contributed by atoms with Crippen molar-refractivity contribution in [3.05, 3.63) is 40.0 Å². The minimum absolute atomic E-state index is 0.0617. The van der Waals surface area contributed by atoms with Crippen LogP contribution in [0.2, 0.25) is 10.3 Å². The van der Waals surface area contributed by atoms with Gasteiger partial charge in [-0.25, -0.2) is 19.2 Å². The van der Waals surface area contributed by atoms with Gasteiger partial charge >= 0.3 is 6.09 Å². The van der Waals surface area contributed by atoms with E-state index < -0.39 is 11.4 Å². The number of halogens is 3. The van der Waals surface area contributed by atoms with E-state index in [1.54, 1.807) is 13.0 Å². The second kappa shape index (κ2) is 8.03. The van der Waals surface area contributed by atoms with Gasteiger partial charge in [0, 0.05) is 17.6 Å². The SMILES string of the molecule is C=C[C@@H]1[C@@H]2CC[C@H](CN1c1nc(C)c(C)c3c(F)c(Cl)nc(Cl)c13)N2C(=O)OC(C)(C)C. The van der Waals surface area contributed by atoms with E-state index in [-0.39, 0.29) is 34.5 Å². The van der Waals surface area contributed by atoms with Gasteiger partial charge in [0.25, 0.3) is 0 Å². The molecule has 2 aliphatic heterocycles. The summed E-state index contributed by atoms with van der Waals surface area (Å²) in [6.45, 7) is 13.7. The van der Waals surface area contributed by atoms with Gasteiger partial charge in [-0.2, -0.15) is 0 Å². The molecule has 2 saturated heterocycles. The molecule has 172 valence electrons. The molecule has 0 saturated carbocycles. The number of fused-ring (bicyclic) bond motifs is 3. The van der Waals surface area contributed by atoms with Crippen LogP contribution in [0.5, 0.6) is 0 Å². The molecule has 2 fully saturated rings. The lowest BCUT2D eigenvalue weighted by Crippen LogP contribution is -2.61. The Kier molecular flexibility index (Phi) is 5.78. The van der Waals surface area contributed by atoms with Gasteiger partial charge in [0.05, 0.1) is 23.5 Å². The maximum absolute atomic E-state index is 15.0. The van der Waals surface area contributed by atoms with Crippen molar-refractivity contribution in [3.8, 4) is 0 Å². The zero-order chi connectivity index (χ0) is 23.5. The molecule has 1 amide bonds. The number of hydrogen-bond donors (Lipinski definition) is 0. The highest BCUT2D eigenvalue weighted by Crippen LogP contribution is 2.43. The second-order valence-corrected chi connectivity index (χ2v) is 10.2. The topological polar surface area (TPSA) is 58.6 Å². The summed E-state index contributed by atoms with van der Waals surface area (Å²) in [5.41, 5.74) is 0.756. The van der Waals surface area contributed by atoms with E-state index in [2.05, 4.69) is 16.5 Å². The molecule has 32 heavy (non-hydrogen) atoms. The van der Waals surface area contributed by atoms with Crippen LogP contribution in [0.25, 0.3) is 10.8 Å². The predicted molar refractivity (Wildman–Crippen MR) is 125 cm³/mol. The molecule has 0 radical (unpaired) electrons. The number of rotatable bonds is 2. The molecule has 0 unspecified atom stereocenters. The van der Waals surface area contributed by atoms with Crippen molar-refractivity contribution in [2.45, 2.75) is 71.2 Å². The van der Waals surface area contributed by atoms with Crippen molar-refractivity contribution >= 4 is 45.9 Å². The zero-order valence-electron chi connectivity index (χ0n) is 18.9. The molecule has 9 heteroatoms. The number of aryl methyl sites for hydroxylation is 2. The predicted octanol–water partition coefficient (Wildman–Crippen LogP) is 5.84. The average molecular weight is 481 g/mol. The Morgan fingerprint density at radius 2 is 1.88 bits per heavy atom. The molecule has 2 bridgehead atoms. The monoisotopic (exact) mass is 480 g/mol. The van der Waals surface area contributed by atoms with Gasteiger partial charge in [-0.05, 0) is 53.0 Å². The fourth-order valence-corrected chi connectivity index (χ4v) is 5.33. The highest BCUT2D eigenvalue weighted by atomic mass is 35.5. The van der Waals surface area contributed by atoms with E-state index in [4.69, 9.17) is 32.9 Å². The summed E-state index contributed by atoms with van der Waals surface area (Å²) in [6, 6.07) is -0.439. The number of amides is 1. The number of piperazine rings is 1. The minimum atomic E-state index is -0.610. The van der Waals surface area contributed by atoms with Crippen LogP contribution in [0.15, 0.2) is 12.7 Å². The van der Waals surface area contributed by atoms with Gasteiger partial charge in [-0.15, -0.1) is 6.58 Å². The Hall–Kier alpha value is -2.12. The number of aromatic nitrogens is 2. The van der Waals surface area contributed by atoms with Gasteiger partial charge < -0.3 is 9.64 Å². The van der Waals surface area contributed by atoms with Crippen molar-refractivity contribution < 1.29 is 13.9 Å². The van der Waals surface area contributed by atoms with Crippen molar-refractivity contribution in [2.75, 3.05) is 11.4 Å². The first-order chi connectivity index (χ1) is 14.9. The number of carbonyl (C=O) groups excluding carboxylic acids is 1. The lowest BCUT2D eigenvalue weighted by Gasteiger charge is -2.46. The number of ether oxygens (including phenoxy) is 1. The van der Waals surface area contributed by atoms with Gasteiger partial charge in [-0.3, -0.25) is 4.90 Å². The second-order valence-electron chi connectivity index (χ2n) is 9.47. The zero-order valence-corrected chi connectivity index (χ0v) is 20.4. The molecular weight excluding hydrogens is 454 g/mol. The Balaban J connectivity index is 1.83. The van der Waals surface area contributed by atoms with E-state index in [0.29, 0.717) is 34.4 Å². The summed E-state index contributed by atoms with van der Waals surface area (Å²) in [4.78, 5) is 25.6. The van der Waals surface area contributed by atoms with Crippen molar-refractivity contribution in [2.24, 2.45) is 0 Å². The normalized spacial score (nSPS) is 23.1. The number of nitrogens with zero attached hydrogens (tertiary/aromatic N) is 4. The first-order valence-corrected chi connectivity index (χ1v) is 11.4. The van der Waals surface area contributed by atoms with E-state index in [1.165, 1.54) is 0 Å². The quantitative estimate of drug-likeness (QED) is 0.399. The molecule has 2 aliphatic rings. The largest absolute Gasteiger partial charge is 0.444 e. The minimum Gasteiger partial charge on any atom is -0.444 e. The molecule has 0 N–H and O–H groups in total. The van der Waals surface area contributed by atoms with Gasteiger partial charge in [-0.1, -0.05) is 29.3 Å². The van der Waals surface area contributed by atoms with Crippen LogP contribution in [-0.4, -0.2) is 51.2 Å². The smallest absolute Gasteiger partial charge is 0.410 e. The van der Waals surface area contributed by atoms with E-state index in [1.807, 2.05) is 32.6 Å². The van der Waals surface area contributed by atoms with Gasteiger partial charge in [0.1, 0.15) is 16.6 Å². The molecule has 6 nitrogen and oxygen atoms in total. The number of anilines is 1. The van der Waals surface area contributed by atoms with E-state index in [9.17, 15) is 4.79 Å². The Morgan fingerprint density at radius 3 is 2.50 bits per heavy atom. The first kappa shape index (κ1) is 23.1. The van der Waals surface area contributed by atoms with Crippen LogP contribution < -0.4 is 4.90 Å². The standard InChI is InChI=1S/C23H27Cl2FN4O2/c1-7-14-15-9-8-13(30(15)22(31)32-23(4,5)6)10-29(14)21-17-16(11(2)12(3)27-21)18(26)20(25)28-19(17)24/h7,13-15H,1,8-10H2,2-6H3/t13-,14-,15+/m1/s1. The average Bonchev–Trinajstić information content (AvgIpc) is 3.01. The van der Waals surface area contributed by atoms with Crippen LogP contribution in [0.1, 0.15) is 44.9 Å².